The molecule has 0 radical (unpaired) electrons. The molecule has 0 aliphatic carbocycles. The summed E-state index contributed by atoms with van der Waals surface area (Å²) in [6, 6.07) is 3.49. The minimum atomic E-state index is -0.476. The van der Waals surface area contributed by atoms with Crippen LogP contribution in [-0.2, 0) is 11.4 Å². The van der Waals surface area contributed by atoms with E-state index in [1.54, 1.807) is 24.1 Å². The molecule has 20 heavy (non-hydrogen) atoms. The Kier molecular flexibility index (Phi) is 4.88. The number of carbonyl (C=O) groups excluding carboxylic acids is 1. The number of carbonyl (C=O) groups is 1. The predicted molar refractivity (Wildman–Crippen MR) is 77.9 cm³/mol. The molecule has 1 unspecified atom stereocenters. The lowest BCUT2D eigenvalue weighted by molar-refractivity contribution is -0.132. The van der Waals surface area contributed by atoms with Gasteiger partial charge in [0.15, 0.2) is 17.6 Å². The molecule has 1 aliphatic heterocycles. The quantitative estimate of drug-likeness (QED) is 0.887. The van der Waals surface area contributed by atoms with Gasteiger partial charge in [-0.2, -0.15) is 0 Å². The van der Waals surface area contributed by atoms with Crippen molar-refractivity contribution in [1.82, 2.24) is 4.90 Å². The van der Waals surface area contributed by atoms with Gasteiger partial charge in [0.25, 0.3) is 5.91 Å². The highest BCUT2D eigenvalue weighted by molar-refractivity contribution is 9.10. The van der Waals surface area contributed by atoms with Gasteiger partial charge in [0, 0.05) is 20.0 Å². The topological polar surface area (TPSA) is 59.0 Å². The maximum absolute atomic E-state index is 11.9. The highest BCUT2D eigenvalue weighted by Crippen LogP contribution is 2.38. The summed E-state index contributed by atoms with van der Waals surface area (Å²) in [5.74, 6) is 1.02. The minimum absolute atomic E-state index is 0.0226. The molecule has 0 aromatic heterocycles. The molecular formula is C14H18BrNO4. The molecule has 0 bridgehead atoms. The number of aliphatic hydroxyl groups excluding tert-OH is 1. The van der Waals surface area contributed by atoms with Crippen LogP contribution >= 0.6 is 15.9 Å². The number of rotatable bonds is 5. The molecule has 1 N–H and O–H groups in total. The van der Waals surface area contributed by atoms with Gasteiger partial charge >= 0.3 is 0 Å². The monoisotopic (exact) mass is 343 g/mol. The first kappa shape index (κ1) is 15.1. The number of hydrogen-bond donors (Lipinski definition) is 1. The molecule has 1 saturated heterocycles. The Labute approximate surface area is 126 Å². The van der Waals surface area contributed by atoms with Crippen molar-refractivity contribution in [2.45, 2.75) is 26.1 Å². The van der Waals surface area contributed by atoms with Crippen molar-refractivity contribution in [3.05, 3.63) is 22.2 Å². The summed E-state index contributed by atoms with van der Waals surface area (Å²) < 4.78 is 12.0. The predicted octanol–water partition coefficient (Wildman–Crippen LogP) is 1.95. The van der Waals surface area contributed by atoms with E-state index in [2.05, 4.69) is 15.9 Å². The van der Waals surface area contributed by atoms with Crippen LogP contribution in [0.1, 0.15) is 18.9 Å². The molecule has 0 saturated carbocycles. The molecule has 2 rings (SSSR count). The van der Waals surface area contributed by atoms with Crippen LogP contribution in [-0.4, -0.2) is 42.2 Å². The number of benzene rings is 1. The lowest BCUT2D eigenvalue weighted by Crippen LogP contribution is -2.29. The molecule has 1 aromatic carbocycles. The van der Waals surface area contributed by atoms with Crippen LogP contribution in [0.2, 0.25) is 0 Å². The largest absolute Gasteiger partial charge is 0.490 e. The zero-order valence-electron chi connectivity index (χ0n) is 11.6. The van der Waals surface area contributed by atoms with E-state index in [1.165, 1.54) is 0 Å². The molecule has 1 fully saturated rings. The van der Waals surface area contributed by atoms with Crippen LogP contribution in [0.5, 0.6) is 11.5 Å². The fourth-order valence-corrected chi connectivity index (χ4v) is 2.71. The van der Waals surface area contributed by atoms with Crippen LogP contribution < -0.4 is 9.47 Å². The fraction of sp³-hybridized carbons (Fsp3) is 0.500. The van der Waals surface area contributed by atoms with Crippen molar-refractivity contribution in [3.8, 4) is 11.5 Å². The average Bonchev–Trinajstić information content (AvgIpc) is 2.74. The van der Waals surface area contributed by atoms with E-state index in [0.717, 1.165) is 5.56 Å². The van der Waals surface area contributed by atoms with E-state index in [0.29, 0.717) is 35.5 Å². The lowest BCUT2D eigenvalue weighted by Gasteiger charge is -2.18. The summed E-state index contributed by atoms with van der Waals surface area (Å²) in [5, 5.41) is 9.23. The summed E-state index contributed by atoms with van der Waals surface area (Å²) in [5.41, 5.74) is 0.725. The molecule has 1 aliphatic rings. The lowest BCUT2D eigenvalue weighted by atomic mass is 10.2. The van der Waals surface area contributed by atoms with E-state index in [4.69, 9.17) is 9.47 Å². The van der Waals surface area contributed by atoms with Crippen LogP contribution in [0.25, 0.3) is 0 Å². The second-order valence-electron chi connectivity index (χ2n) is 4.65. The summed E-state index contributed by atoms with van der Waals surface area (Å²) in [6.45, 7) is 2.97. The van der Waals surface area contributed by atoms with E-state index in [9.17, 15) is 9.90 Å². The third-order valence-electron chi connectivity index (χ3n) is 3.19. The second kappa shape index (κ2) is 6.45. The van der Waals surface area contributed by atoms with Gasteiger partial charge in [0.2, 0.25) is 0 Å². The molecule has 110 valence electrons. The third-order valence-corrected chi connectivity index (χ3v) is 3.78. The number of amides is 1. The Bertz CT molecular complexity index is 506. The van der Waals surface area contributed by atoms with Gasteiger partial charge in [-0.25, -0.2) is 0 Å². The molecule has 1 atom stereocenters. The summed E-state index contributed by atoms with van der Waals surface area (Å²) in [6.07, 6.45) is 0.185. The number of nitrogens with zero attached hydrogens (tertiary/aromatic N) is 1. The Hall–Kier alpha value is -1.27. The first-order chi connectivity index (χ1) is 9.56. The van der Waals surface area contributed by atoms with E-state index < -0.39 is 6.10 Å². The average molecular weight is 344 g/mol. The van der Waals surface area contributed by atoms with Gasteiger partial charge in [-0.05, 0) is 40.5 Å². The molecule has 1 aromatic rings. The van der Waals surface area contributed by atoms with Gasteiger partial charge in [0.1, 0.15) is 0 Å². The maximum atomic E-state index is 11.9. The van der Waals surface area contributed by atoms with Crippen LogP contribution in [0.15, 0.2) is 16.6 Å². The summed E-state index contributed by atoms with van der Waals surface area (Å²) in [4.78, 5) is 13.6. The number of hydrogen-bond acceptors (Lipinski definition) is 4. The van der Waals surface area contributed by atoms with E-state index >= 15 is 0 Å². The third kappa shape index (κ3) is 3.07. The fourth-order valence-electron chi connectivity index (χ4n) is 2.13. The van der Waals surface area contributed by atoms with Crippen molar-refractivity contribution < 1.29 is 19.4 Å². The van der Waals surface area contributed by atoms with Gasteiger partial charge in [-0.3, -0.25) is 4.79 Å². The Morgan fingerprint density at radius 1 is 1.50 bits per heavy atom. The van der Waals surface area contributed by atoms with Crippen molar-refractivity contribution in [2.24, 2.45) is 0 Å². The normalized spacial score (nSPS) is 18.5. The molecule has 6 heteroatoms. The number of halogens is 1. The van der Waals surface area contributed by atoms with Crippen LogP contribution in [0.3, 0.4) is 0 Å². The zero-order chi connectivity index (χ0) is 14.7. The first-order valence-electron chi connectivity index (χ1n) is 6.54. The van der Waals surface area contributed by atoms with Gasteiger partial charge in [0.05, 0.1) is 17.7 Å². The molecule has 0 spiro atoms. The smallest absolute Gasteiger partial charge is 0.263 e. The standard InChI is InChI=1S/C14H18BrNO4/c1-3-19-12-7-9(8-17)6-10(15)13(12)20-11-4-5-16(2)14(11)18/h6-7,11,17H,3-5,8H2,1-2H3. The SMILES string of the molecule is CCOc1cc(CO)cc(Br)c1OC1CCN(C)C1=O. The summed E-state index contributed by atoms with van der Waals surface area (Å²) in [7, 11) is 1.76. The van der Waals surface area contributed by atoms with Crippen molar-refractivity contribution in [2.75, 3.05) is 20.2 Å². The van der Waals surface area contributed by atoms with Gasteiger partial charge < -0.3 is 19.5 Å². The second-order valence-corrected chi connectivity index (χ2v) is 5.51. The van der Waals surface area contributed by atoms with Crippen molar-refractivity contribution >= 4 is 21.8 Å². The molecule has 1 heterocycles. The highest BCUT2D eigenvalue weighted by atomic mass is 79.9. The maximum Gasteiger partial charge on any atom is 0.263 e. The zero-order valence-corrected chi connectivity index (χ0v) is 13.1. The summed E-state index contributed by atoms with van der Waals surface area (Å²) >= 11 is 3.41. The number of likely N-dealkylation sites (N-methyl/N-ethyl adjacent to an activating group) is 1. The van der Waals surface area contributed by atoms with E-state index in [-0.39, 0.29) is 12.5 Å². The Morgan fingerprint density at radius 3 is 2.80 bits per heavy atom. The Balaban J connectivity index is 2.28. The molecular weight excluding hydrogens is 326 g/mol. The van der Waals surface area contributed by atoms with Crippen LogP contribution in [0, 0.1) is 0 Å². The van der Waals surface area contributed by atoms with Crippen molar-refractivity contribution in [1.29, 1.82) is 0 Å². The van der Waals surface area contributed by atoms with Crippen LogP contribution in [0.4, 0.5) is 0 Å². The van der Waals surface area contributed by atoms with E-state index in [1.807, 2.05) is 6.92 Å². The van der Waals surface area contributed by atoms with Crippen molar-refractivity contribution in [3.63, 3.8) is 0 Å². The first-order valence-corrected chi connectivity index (χ1v) is 7.33. The Morgan fingerprint density at radius 2 is 2.25 bits per heavy atom. The number of likely N-dealkylation sites (tertiary alicyclic amines) is 1. The van der Waals surface area contributed by atoms with Gasteiger partial charge in [-0.15, -0.1) is 0 Å². The van der Waals surface area contributed by atoms with Gasteiger partial charge in [-0.1, -0.05) is 0 Å². The molecule has 1 amide bonds. The highest BCUT2D eigenvalue weighted by Gasteiger charge is 2.32. The number of aliphatic hydroxyl groups is 1. The number of ether oxygens (including phenoxy) is 2. The molecule has 5 nitrogen and oxygen atoms in total. The minimum Gasteiger partial charge on any atom is -0.490 e.